The summed E-state index contributed by atoms with van der Waals surface area (Å²) in [6.45, 7) is 2.00. The van der Waals surface area contributed by atoms with Crippen molar-refractivity contribution >= 4 is 27.3 Å². The average molecular weight is 296 g/mol. The number of rotatable bonds is 4. The van der Waals surface area contributed by atoms with Crippen molar-refractivity contribution in [2.24, 2.45) is 0 Å². The van der Waals surface area contributed by atoms with Gasteiger partial charge in [-0.2, -0.15) is 0 Å². The Morgan fingerprint density at radius 3 is 2.75 bits per heavy atom. The summed E-state index contributed by atoms with van der Waals surface area (Å²) >= 11 is 5.31. The minimum absolute atomic E-state index is 0.983. The molecule has 0 radical (unpaired) electrons. The molecule has 0 amide bonds. The van der Waals surface area contributed by atoms with Crippen LogP contribution in [-0.2, 0) is 13.1 Å². The minimum Gasteiger partial charge on any atom is -0.297 e. The molecule has 0 unspecified atom stereocenters. The van der Waals surface area contributed by atoms with Gasteiger partial charge in [-0.25, -0.2) is 0 Å². The summed E-state index contributed by atoms with van der Waals surface area (Å²) in [7, 11) is 2.15. The second-order valence-electron chi connectivity index (χ2n) is 3.88. The van der Waals surface area contributed by atoms with Gasteiger partial charge in [0.05, 0.1) is 0 Å². The Morgan fingerprint density at radius 2 is 2.06 bits per heavy atom. The van der Waals surface area contributed by atoms with Crippen LogP contribution in [0, 0.1) is 0 Å². The largest absolute Gasteiger partial charge is 0.297 e. The third kappa shape index (κ3) is 3.44. The Bertz CT molecular complexity index is 439. The van der Waals surface area contributed by atoms with Crippen LogP contribution in [0.4, 0.5) is 0 Å². The third-order valence-electron chi connectivity index (χ3n) is 2.35. The van der Waals surface area contributed by atoms with E-state index in [1.54, 1.807) is 0 Å². The summed E-state index contributed by atoms with van der Waals surface area (Å²) in [5.41, 5.74) is 1.34. The second-order valence-corrected chi connectivity index (χ2v) is 5.83. The maximum atomic E-state index is 3.50. The fraction of sp³-hybridized carbons (Fsp3) is 0.231. The smallest absolute Gasteiger partial charge is 0.0328 e. The van der Waals surface area contributed by atoms with Crippen LogP contribution >= 0.6 is 27.3 Å². The van der Waals surface area contributed by atoms with Crippen molar-refractivity contribution in [3.05, 3.63) is 56.7 Å². The predicted octanol–water partition coefficient (Wildman–Crippen LogP) is 4.14. The highest BCUT2D eigenvalue weighted by atomic mass is 79.9. The zero-order valence-electron chi connectivity index (χ0n) is 9.19. The molecule has 0 fully saturated rings. The van der Waals surface area contributed by atoms with Crippen LogP contribution in [0.15, 0.2) is 46.3 Å². The molecule has 0 saturated carbocycles. The molecule has 0 aliphatic rings. The first-order valence-corrected chi connectivity index (χ1v) is 6.86. The monoisotopic (exact) mass is 295 g/mol. The van der Waals surface area contributed by atoms with Gasteiger partial charge in [0.2, 0.25) is 0 Å². The normalized spacial score (nSPS) is 10.9. The number of hydrogen-bond acceptors (Lipinski definition) is 2. The first-order valence-electron chi connectivity index (χ1n) is 5.19. The van der Waals surface area contributed by atoms with Crippen LogP contribution < -0.4 is 0 Å². The van der Waals surface area contributed by atoms with Crippen LogP contribution in [0.25, 0.3) is 0 Å². The molecule has 0 bridgehead atoms. The highest BCUT2D eigenvalue weighted by Gasteiger charge is 2.02. The van der Waals surface area contributed by atoms with Crippen molar-refractivity contribution in [1.29, 1.82) is 0 Å². The van der Waals surface area contributed by atoms with Gasteiger partial charge in [-0.3, -0.25) is 4.90 Å². The van der Waals surface area contributed by atoms with Crippen LogP contribution in [0.5, 0.6) is 0 Å². The van der Waals surface area contributed by atoms with E-state index < -0.39 is 0 Å². The molecule has 1 aromatic carbocycles. The molecule has 2 rings (SSSR count). The lowest BCUT2D eigenvalue weighted by atomic mass is 10.2. The Morgan fingerprint density at radius 1 is 1.19 bits per heavy atom. The van der Waals surface area contributed by atoms with Gasteiger partial charge in [-0.15, -0.1) is 11.3 Å². The number of hydrogen-bond donors (Lipinski definition) is 0. The average Bonchev–Trinajstić information content (AvgIpc) is 2.70. The van der Waals surface area contributed by atoms with E-state index >= 15 is 0 Å². The lowest BCUT2D eigenvalue weighted by molar-refractivity contribution is 0.322. The lowest BCUT2D eigenvalue weighted by Gasteiger charge is -2.15. The highest BCUT2D eigenvalue weighted by Crippen LogP contribution is 2.15. The van der Waals surface area contributed by atoms with Gasteiger partial charge in [-0.05, 0) is 36.2 Å². The van der Waals surface area contributed by atoms with E-state index in [0.29, 0.717) is 0 Å². The number of thiophene rings is 1. The molecule has 1 heterocycles. The molecule has 2 aromatic rings. The number of nitrogens with zero attached hydrogens (tertiary/aromatic N) is 1. The lowest BCUT2D eigenvalue weighted by Crippen LogP contribution is -2.16. The molecular weight excluding hydrogens is 282 g/mol. The highest BCUT2D eigenvalue weighted by molar-refractivity contribution is 9.10. The topological polar surface area (TPSA) is 3.24 Å². The van der Waals surface area contributed by atoms with E-state index in [4.69, 9.17) is 0 Å². The van der Waals surface area contributed by atoms with E-state index in [9.17, 15) is 0 Å². The van der Waals surface area contributed by atoms with Crippen molar-refractivity contribution in [2.45, 2.75) is 13.1 Å². The quantitative estimate of drug-likeness (QED) is 0.819. The van der Waals surface area contributed by atoms with E-state index in [2.05, 4.69) is 69.7 Å². The molecule has 0 saturated heterocycles. The second kappa shape index (κ2) is 5.62. The molecule has 84 valence electrons. The van der Waals surface area contributed by atoms with E-state index in [1.165, 1.54) is 10.4 Å². The van der Waals surface area contributed by atoms with Crippen molar-refractivity contribution < 1.29 is 0 Å². The van der Waals surface area contributed by atoms with Crippen molar-refractivity contribution in [2.75, 3.05) is 7.05 Å². The Kier molecular flexibility index (Phi) is 4.16. The Hall–Kier alpha value is -0.640. The van der Waals surface area contributed by atoms with Gasteiger partial charge in [0.1, 0.15) is 0 Å². The zero-order chi connectivity index (χ0) is 11.4. The Labute approximate surface area is 109 Å². The summed E-state index contributed by atoms with van der Waals surface area (Å²) in [5.74, 6) is 0. The standard InChI is InChI=1S/C13H14BrNS/c1-15(10-13-6-3-7-16-13)9-11-4-2-5-12(14)8-11/h2-8H,9-10H2,1H3. The van der Waals surface area contributed by atoms with Crippen LogP contribution in [0.1, 0.15) is 10.4 Å². The molecule has 0 N–H and O–H groups in total. The van der Waals surface area contributed by atoms with E-state index in [0.717, 1.165) is 17.6 Å². The van der Waals surface area contributed by atoms with Gasteiger partial charge in [0.25, 0.3) is 0 Å². The molecule has 0 aliphatic carbocycles. The molecular formula is C13H14BrNS. The van der Waals surface area contributed by atoms with Gasteiger partial charge >= 0.3 is 0 Å². The molecule has 1 aromatic heterocycles. The molecule has 16 heavy (non-hydrogen) atoms. The maximum Gasteiger partial charge on any atom is 0.0328 e. The fourth-order valence-corrected chi connectivity index (χ4v) is 2.90. The predicted molar refractivity (Wildman–Crippen MR) is 73.6 cm³/mol. The van der Waals surface area contributed by atoms with Gasteiger partial charge < -0.3 is 0 Å². The van der Waals surface area contributed by atoms with Crippen LogP contribution in [0.2, 0.25) is 0 Å². The van der Waals surface area contributed by atoms with Crippen molar-refractivity contribution in [3.63, 3.8) is 0 Å². The summed E-state index contributed by atoms with van der Waals surface area (Å²) in [6, 6.07) is 12.8. The molecule has 1 nitrogen and oxygen atoms in total. The first kappa shape index (κ1) is 11.8. The Balaban J connectivity index is 1.94. The van der Waals surface area contributed by atoms with Crippen molar-refractivity contribution in [1.82, 2.24) is 4.90 Å². The van der Waals surface area contributed by atoms with Gasteiger partial charge in [-0.1, -0.05) is 34.1 Å². The summed E-state index contributed by atoms with van der Waals surface area (Å²) in [5, 5.41) is 2.13. The molecule has 0 aliphatic heterocycles. The van der Waals surface area contributed by atoms with Gasteiger partial charge in [0.15, 0.2) is 0 Å². The van der Waals surface area contributed by atoms with E-state index in [-0.39, 0.29) is 0 Å². The molecule has 0 spiro atoms. The summed E-state index contributed by atoms with van der Waals surface area (Å²) in [4.78, 5) is 3.74. The SMILES string of the molecule is CN(Cc1cccc(Br)c1)Cc1cccs1. The maximum absolute atomic E-state index is 3.50. The van der Waals surface area contributed by atoms with Gasteiger partial charge in [0, 0.05) is 22.4 Å². The third-order valence-corrected chi connectivity index (χ3v) is 3.70. The molecule has 3 heteroatoms. The summed E-state index contributed by atoms with van der Waals surface area (Å²) < 4.78 is 1.15. The molecule has 0 atom stereocenters. The zero-order valence-corrected chi connectivity index (χ0v) is 11.6. The van der Waals surface area contributed by atoms with Crippen molar-refractivity contribution in [3.8, 4) is 0 Å². The minimum atomic E-state index is 0.983. The first-order chi connectivity index (χ1) is 7.74. The van der Waals surface area contributed by atoms with Crippen LogP contribution in [-0.4, -0.2) is 11.9 Å². The number of benzene rings is 1. The fourth-order valence-electron chi connectivity index (χ4n) is 1.67. The van der Waals surface area contributed by atoms with Crippen LogP contribution in [0.3, 0.4) is 0 Å². The number of halogens is 1. The van der Waals surface area contributed by atoms with E-state index in [1.807, 2.05) is 11.3 Å². The summed E-state index contributed by atoms with van der Waals surface area (Å²) in [6.07, 6.45) is 0.